The number of nitrogens with one attached hydrogen (secondary N) is 1. The Morgan fingerprint density at radius 3 is 2.55 bits per heavy atom. The molecular weight excluding hydrogens is 447 g/mol. The van der Waals surface area contributed by atoms with Crippen LogP contribution in [0.15, 0.2) is 36.4 Å². The number of anilines is 1. The fraction of sp³-hybridized carbons (Fsp3) is 0.375. The van der Waals surface area contributed by atoms with Gasteiger partial charge in [-0.3, -0.25) is 14.4 Å². The molecule has 3 amide bonds. The zero-order valence-electron chi connectivity index (χ0n) is 18.8. The van der Waals surface area contributed by atoms with E-state index in [-0.39, 0.29) is 46.8 Å². The van der Waals surface area contributed by atoms with E-state index in [0.717, 1.165) is 0 Å². The van der Waals surface area contributed by atoms with Gasteiger partial charge in [-0.1, -0.05) is 38.4 Å². The van der Waals surface area contributed by atoms with Gasteiger partial charge in [-0.25, -0.2) is 4.39 Å². The number of hydrogen-bond donors (Lipinski definition) is 2. The lowest BCUT2D eigenvalue weighted by Crippen LogP contribution is -2.74. The number of quaternary nitrogens is 1. The topological polar surface area (TPSA) is 97.4 Å². The van der Waals surface area contributed by atoms with Crippen LogP contribution in [0.25, 0.3) is 11.1 Å². The third-order valence-electron chi connectivity index (χ3n) is 6.35. The Morgan fingerprint density at radius 1 is 1.15 bits per heavy atom. The van der Waals surface area contributed by atoms with Gasteiger partial charge in [-0.15, -0.1) is 0 Å². The molecule has 1 saturated heterocycles. The highest BCUT2D eigenvalue weighted by Crippen LogP contribution is 2.32. The molecule has 33 heavy (non-hydrogen) atoms. The van der Waals surface area contributed by atoms with Crippen LogP contribution in [0.2, 0.25) is 5.02 Å². The Balaban J connectivity index is 1.63. The molecule has 2 aromatic rings. The summed E-state index contributed by atoms with van der Waals surface area (Å²) >= 11 is 5.86. The van der Waals surface area contributed by atoms with Crippen LogP contribution in [-0.2, 0) is 9.59 Å². The van der Waals surface area contributed by atoms with E-state index in [1.165, 1.54) is 11.0 Å². The second-order valence-corrected chi connectivity index (χ2v) is 10.0. The molecule has 9 heteroatoms. The zero-order valence-corrected chi connectivity index (χ0v) is 19.6. The first-order chi connectivity index (χ1) is 15.5. The summed E-state index contributed by atoms with van der Waals surface area (Å²) in [5.41, 5.74) is 5.14. The quantitative estimate of drug-likeness (QED) is 0.700. The minimum atomic E-state index is -0.814. The van der Waals surface area contributed by atoms with E-state index in [0.29, 0.717) is 23.4 Å². The summed E-state index contributed by atoms with van der Waals surface area (Å²) in [6.07, 6.45) is 0. The number of rotatable bonds is 2. The first-order valence-electron chi connectivity index (χ1n) is 10.8. The van der Waals surface area contributed by atoms with E-state index >= 15 is 0 Å². The normalized spacial score (nSPS) is 19.4. The van der Waals surface area contributed by atoms with Crippen molar-refractivity contribution < 1.29 is 24.5 Å². The van der Waals surface area contributed by atoms with Gasteiger partial charge >= 0.3 is 0 Å². The van der Waals surface area contributed by atoms with E-state index < -0.39 is 17.9 Å². The number of hydrogen-bond acceptors (Lipinski definition) is 3. The summed E-state index contributed by atoms with van der Waals surface area (Å²) in [6, 6.07) is 7.89. The van der Waals surface area contributed by atoms with Gasteiger partial charge in [0, 0.05) is 29.1 Å². The first kappa shape index (κ1) is 23.2. The molecule has 0 aliphatic carbocycles. The molecule has 0 bridgehead atoms. The lowest BCUT2D eigenvalue weighted by Gasteiger charge is -2.40. The van der Waals surface area contributed by atoms with Crippen molar-refractivity contribution in [3.63, 3.8) is 0 Å². The molecule has 2 aliphatic rings. The number of amides is 3. The molecule has 2 atom stereocenters. The van der Waals surface area contributed by atoms with Crippen molar-refractivity contribution in [1.29, 1.82) is 0 Å². The summed E-state index contributed by atoms with van der Waals surface area (Å²) in [7, 11) is 0. The maximum atomic E-state index is 14.5. The molecule has 0 aromatic heterocycles. The summed E-state index contributed by atoms with van der Waals surface area (Å²) in [6.45, 7) is 6.47. The van der Waals surface area contributed by atoms with Crippen LogP contribution in [0, 0.1) is 11.2 Å². The number of fused-ring (bicyclic) bond motifs is 2. The third kappa shape index (κ3) is 4.32. The molecule has 2 aliphatic heterocycles. The Bertz CT molecular complexity index is 1150. The van der Waals surface area contributed by atoms with Crippen molar-refractivity contribution in [2.24, 2.45) is 5.41 Å². The van der Waals surface area contributed by atoms with Crippen LogP contribution in [0.4, 0.5) is 10.1 Å². The maximum absolute atomic E-state index is 14.5. The molecular formula is C24H27ClFN4O3+. The molecule has 4 N–H and O–H groups in total. The summed E-state index contributed by atoms with van der Waals surface area (Å²) < 4.78 is 14.5. The molecule has 0 unspecified atom stereocenters. The van der Waals surface area contributed by atoms with Gasteiger partial charge in [0.15, 0.2) is 6.04 Å². The minimum Gasteiger partial charge on any atom is -0.347 e. The highest BCUT2D eigenvalue weighted by molar-refractivity contribution is 6.30. The van der Waals surface area contributed by atoms with Crippen molar-refractivity contribution in [3.05, 3.63) is 52.8 Å². The number of carbonyl (C=O) groups excluding carboxylic acids is 3. The Kier molecular flexibility index (Phi) is 5.92. The monoisotopic (exact) mass is 473 g/mol. The summed E-state index contributed by atoms with van der Waals surface area (Å²) in [4.78, 5) is 42.5. The second kappa shape index (κ2) is 8.43. The van der Waals surface area contributed by atoms with Gasteiger partial charge in [0.1, 0.15) is 11.9 Å². The maximum Gasteiger partial charge on any atom is 0.281 e. The van der Waals surface area contributed by atoms with E-state index in [1.807, 2.05) is 20.8 Å². The standard InChI is InChI=1S/C24H26ClFN4O3/c1-24(2,3)20(27)23(33)29-8-9-30-19(12-29)21(31)28-18-7-4-13(10-16(18)22(30)32)15-6-5-14(25)11-17(15)26/h4-7,10-11,19-20H,8-9,12,27H2,1-3H3,(H,28,31)/p+1/t19-,20-/m1/s1. The van der Waals surface area contributed by atoms with Crippen molar-refractivity contribution >= 4 is 35.0 Å². The van der Waals surface area contributed by atoms with Crippen LogP contribution >= 0.6 is 11.6 Å². The van der Waals surface area contributed by atoms with E-state index in [9.17, 15) is 18.8 Å². The third-order valence-corrected chi connectivity index (χ3v) is 6.58. The van der Waals surface area contributed by atoms with E-state index in [2.05, 4.69) is 11.1 Å². The lowest BCUT2D eigenvalue weighted by molar-refractivity contribution is -0.428. The average molecular weight is 474 g/mol. The molecule has 0 radical (unpaired) electrons. The lowest BCUT2D eigenvalue weighted by atomic mass is 9.86. The fourth-order valence-electron chi connectivity index (χ4n) is 4.13. The van der Waals surface area contributed by atoms with Gasteiger partial charge in [0.05, 0.1) is 17.8 Å². The van der Waals surface area contributed by atoms with Crippen molar-refractivity contribution in [2.75, 3.05) is 25.0 Å². The van der Waals surface area contributed by atoms with Crippen LogP contribution in [0.3, 0.4) is 0 Å². The number of nitrogens with zero attached hydrogens (tertiary/aromatic N) is 2. The molecule has 174 valence electrons. The molecule has 1 fully saturated rings. The smallest absolute Gasteiger partial charge is 0.281 e. The predicted octanol–water partition coefficient (Wildman–Crippen LogP) is 2.41. The Labute approximate surface area is 196 Å². The minimum absolute atomic E-state index is 0.102. The summed E-state index contributed by atoms with van der Waals surface area (Å²) in [5.74, 6) is -1.33. The Hall–Kier alpha value is -2.97. The van der Waals surface area contributed by atoms with Crippen LogP contribution in [-0.4, -0.2) is 59.2 Å². The zero-order chi connectivity index (χ0) is 24.1. The highest BCUT2D eigenvalue weighted by atomic mass is 35.5. The van der Waals surface area contributed by atoms with Gasteiger partial charge < -0.3 is 20.9 Å². The molecule has 0 spiro atoms. The second-order valence-electron chi connectivity index (χ2n) is 9.59. The molecule has 4 rings (SSSR count). The molecule has 2 heterocycles. The number of piperazine rings is 1. The van der Waals surface area contributed by atoms with Gasteiger partial charge in [0.2, 0.25) is 5.91 Å². The van der Waals surface area contributed by atoms with Crippen molar-refractivity contribution in [2.45, 2.75) is 32.9 Å². The van der Waals surface area contributed by atoms with E-state index in [4.69, 9.17) is 11.6 Å². The molecule has 7 nitrogen and oxygen atoms in total. The van der Waals surface area contributed by atoms with Crippen molar-refractivity contribution in [3.8, 4) is 11.1 Å². The summed E-state index contributed by atoms with van der Waals surface area (Å²) in [5, 5.41) is 3.08. The molecule has 0 saturated carbocycles. The average Bonchev–Trinajstić information content (AvgIpc) is 2.86. The SMILES string of the molecule is CC(C)(C)[C@H]([NH3+])C(=O)N1CCN2C(=O)c3cc(-c4ccc(Cl)cc4F)ccc3NC(=O)[C@H]2C1. The van der Waals surface area contributed by atoms with Crippen LogP contribution in [0.1, 0.15) is 31.1 Å². The number of halogens is 2. The fourth-order valence-corrected chi connectivity index (χ4v) is 4.29. The van der Waals surface area contributed by atoms with Crippen LogP contribution in [0.5, 0.6) is 0 Å². The van der Waals surface area contributed by atoms with Crippen molar-refractivity contribution in [1.82, 2.24) is 9.80 Å². The largest absolute Gasteiger partial charge is 0.347 e. The Morgan fingerprint density at radius 2 is 1.88 bits per heavy atom. The van der Waals surface area contributed by atoms with Gasteiger partial charge in [0.25, 0.3) is 11.8 Å². The van der Waals surface area contributed by atoms with Crippen LogP contribution < -0.4 is 11.1 Å². The number of benzene rings is 2. The van der Waals surface area contributed by atoms with Gasteiger partial charge in [-0.05, 0) is 35.9 Å². The predicted molar refractivity (Wildman–Crippen MR) is 123 cm³/mol. The highest BCUT2D eigenvalue weighted by Gasteiger charge is 2.43. The van der Waals surface area contributed by atoms with E-state index in [1.54, 1.807) is 35.2 Å². The molecule has 2 aromatic carbocycles. The number of carbonyl (C=O) groups is 3. The first-order valence-corrected chi connectivity index (χ1v) is 11.2. The van der Waals surface area contributed by atoms with Gasteiger partial charge in [-0.2, -0.15) is 0 Å².